The van der Waals surface area contributed by atoms with E-state index in [1.165, 1.54) is 29.5 Å². The second-order valence-electron chi connectivity index (χ2n) is 3.85. The highest BCUT2D eigenvalue weighted by atomic mass is 79.9. The van der Waals surface area contributed by atoms with Crippen molar-refractivity contribution in [1.82, 2.24) is 4.98 Å². The van der Waals surface area contributed by atoms with Gasteiger partial charge >= 0.3 is 0 Å². The van der Waals surface area contributed by atoms with Gasteiger partial charge in [-0.2, -0.15) is 0 Å². The van der Waals surface area contributed by atoms with Crippen molar-refractivity contribution in [1.29, 1.82) is 0 Å². The number of hydrogen-bond donors (Lipinski definition) is 3. The predicted octanol–water partition coefficient (Wildman–Crippen LogP) is 3.31. The number of thiazole rings is 1. The van der Waals surface area contributed by atoms with E-state index in [4.69, 9.17) is 5.73 Å². The minimum absolute atomic E-state index is 0.171. The van der Waals surface area contributed by atoms with E-state index in [0.717, 1.165) is 0 Å². The van der Waals surface area contributed by atoms with Gasteiger partial charge in [-0.25, -0.2) is 9.37 Å². The molecule has 0 unspecified atom stereocenters. The number of nitrogens with two attached hydrogens (primary N) is 1. The van der Waals surface area contributed by atoms with Gasteiger partial charge in [0.2, 0.25) is 0 Å². The molecule has 1 heterocycles. The van der Waals surface area contributed by atoms with Gasteiger partial charge < -0.3 is 16.4 Å². The number of benzene rings is 1. The Hall–Kier alpha value is -1.67. The SMILES string of the molecule is CCNc1nc(N)c(C(=O)Nc2ccc(F)c(Br)c2)s1. The Morgan fingerprint density at radius 1 is 1.55 bits per heavy atom. The van der Waals surface area contributed by atoms with Crippen LogP contribution in [0.3, 0.4) is 0 Å². The van der Waals surface area contributed by atoms with Crippen molar-refractivity contribution < 1.29 is 9.18 Å². The molecule has 0 fully saturated rings. The Bertz CT molecular complexity index is 646. The van der Waals surface area contributed by atoms with E-state index in [2.05, 4.69) is 31.5 Å². The molecule has 1 amide bonds. The Labute approximate surface area is 127 Å². The van der Waals surface area contributed by atoms with Crippen LogP contribution in [0.2, 0.25) is 0 Å². The van der Waals surface area contributed by atoms with Gasteiger partial charge in [-0.3, -0.25) is 4.79 Å². The highest BCUT2D eigenvalue weighted by molar-refractivity contribution is 9.10. The van der Waals surface area contributed by atoms with E-state index in [9.17, 15) is 9.18 Å². The number of nitrogen functional groups attached to an aromatic ring is 1. The number of nitrogens with one attached hydrogen (secondary N) is 2. The lowest BCUT2D eigenvalue weighted by Gasteiger charge is -2.04. The summed E-state index contributed by atoms with van der Waals surface area (Å²) in [5.74, 6) is -0.595. The van der Waals surface area contributed by atoms with Crippen LogP contribution in [0.4, 0.5) is 21.0 Å². The van der Waals surface area contributed by atoms with E-state index in [1.807, 2.05) is 6.92 Å². The van der Waals surface area contributed by atoms with Gasteiger partial charge in [-0.15, -0.1) is 0 Å². The summed E-state index contributed by atoms with van der Waals surface area (Å²) in [6, 6.07) is 4.22. The highest BCUT2D eigenvalue weighted by Crippen LogP contribution is 2.26. The normalized spacial score (nSPS) is 10.3. The zero-order chi connectivity index (χ0) is 14.7. The van der Waals surface area contributed by atoms with E-state index in [1.54, 1.807) is 0 Å². The number of hydrogen-bond acceptors (Lipinski definition) is 5. The van der Waals surface area contributed by atoms with Crippen molar-refractivity contribution in [3.05, 3.63) is 33.4 Å². The molecule has 8 heteroatoms. The monoisotopic (exact) mass is 358 g/mol. The van der Waals surface area contributed by atoms with Gasteiger partial charge in [0.25, 0.3) is 5.91 Å². The van der Waals surface area contributed by atoms with Crippen LogP contribution in [-0.2, 0) is 0 Å². The summed E-state index contributed by atoms with van der Waals surface area (Å²) in [5, 5.41) is 6.24. The van der Waals surface area contributed by atoms with Gasteiger partial charge in [-0.1, -0.05) is 11.3 Å². The Balaban J connectivity index is 2.17. The van der Waals surface area contributed by atoms with Gasteiger partial charge in [0.05, 0.1) is 4.47 Å². The smallest absolute Gasteiger partial charge is 0.269 e. The Morgan fingerprint density at radius 3 is 2.95 bits per heavy atom. The number of carbonyl (C=O) groups is 1. The zero-order valence-electron chi connectivity index (χ0n) is 10.5. The first-order valence-corrected chi connectivity index (χ1v) is 7.38. The average molecular weight is 359 g/mol. The lowest BCUT2D eigenvalue weighted by molar-refractivity contribution is 0.103. The molecule has 5 nitrogen and oxygen atoms in total. The van der Waals surface area contributed by atoms with Crippen LogP contribution in [0.15, 0.2) is 22.7 Å². The second-order valence-corrected chi connectivity index (χ2v) is 5.70. The fraction of sp³-hybridized carbons (Fsp3) is 0.167. The molecule has 1 aromatic carbocycles. The van der Waals surface area contributed by atoms with Crippen LogP contribution in [0, 0.1) is 5.82 Å². The van der Waals surface area contributed by atoms with Crippen LogP contribution < -0.4 is 16.4 Å². The van der Waals surface area contributed by atoms with Crippen molar-refractivity contribution in [3.63, 3.8) is 0 Å². The fourth-order valence-corrected chi connectivity index (χ4v) is 2.71. The second kappa shape index (κ2) is 6.19. The van der Waals surface area contributed by atoms with Crippen LogP contribution in [0.1, 0.15) is 16.6 Å². The number of rotatable bonds is 4. The van der Waals surface area contributed by atoms with Gasteiger partial charge in [0.15, 0.2) is 5.13 Å². The first kappa shape index (κ1) is 14.7. The van der Waals surface area contributed by atoms with Crippen molar-refractivity contribution in [3.8, 4) is 0 Å². The largest absolute Gasteiger partial charge is 0.382 e. The molecule has 0 aliphatic heterocycles. The summed E-state index contributed by atoms with van der Waals surface area (Å²) in [6.45, 7) is 2.62. The van der Waals surface area contributed by atoms with Crippen LogP contribution in [-0.4, -0.2) is 17.4 Å². The average Bonchev–Trinajstić information content (AvgIpc) is 2.75. The summed E-state index contributed by atoms with van der Waals surface area (Å²) in [6.07, 6.45) is 0. The van der Waals surface area contributed by atoms with Crippen LogP contribution >= 0.6 is 27.3 Å². The van der Waals surface area contributed by atoms with Gasteiger partial charge in [0, 0.05) is 12.2 Å². The maximum absolute atomic E-state index is 13.1. The van der Waals surface area contributed by atoms with Gasteiger partial charge in [-0.05, 0) is 41.1 Å². The van der Waals surface area contributed by atoms with E-state index >= 15 is 0 Å². The van der Waals surface area contributed by atoms with Crippen molar-refractivity contribution in [2.45, 2.75) is 6.92 Å². The number of anilines is 3. The summed E-state index contributed by atoms with van der Waals surface area (Å²) in [5.41, 5.74) is 6.18. The molecule has 0 atom stereocenters. The topological polar surface area (TPSA) is 80.0 Å². The molecule has 2 aromatic rings. The molecule has 20 heavy (non-hydrogen) atoms. The molecular weight excluding hydrogens is 347 g/mol. The maximum Gasteiger partial charge on any atom is 0.269 e. The molecule has 2 rings (SSSR count). The third kappa shape index (κ3) is 3.26. The van der Waals surface area contributed by atoms with Gasteiger partial charge in [0.1, 0.15) is 16.5 Å². The minimum Gasteiger partial charge on any atom is -0.382 e. The van der Waals surface area contributed by atoms with E-state index in [-0.39, 0.29) is 16.2 Å². The predicted molar refractivity (Wildman–Crippen MR) is 82.7 cm³/mol. The number of carbonyl (C=O) groups excluding carboxylic acids is 1. The third-order valence-electron chi connectivity index (χ3n) is 2.37. The van der Waals surface area contributed by atoms with E-state index < -0.39 is 5.82 Å². The molecular formula is C12H12BrFN4OS. The third-order valence-corrected chi connectivity index (χ3v) is 4.00. The molecule has 0 saturated heterocycles. The van der Waals surface area contributed by atoms with Crippen molar-refractivity contribution in [2.24, 2.45) is 0 Å². The zero-order valence-corrected chi connectivity index (χ0v) is 12.9. The summed E-state index contributed by atoms with van der Waals surface area (Å²) in [7, 11) is 0. The molecule has 4 N–H and O–H groups in total. The summed E-state index contributed by atoms with van der Waals surface area (Å²) >= 11 is 4.23. The number of aromatic nitrogens is 1. The fourth-order valence-electron chi connectivity index (χ4n) is 1.48. The standard InChI is InChI=1S/C12H12BrFN4OS/c1-2-16-12-18-10(15)9(20-12)11(19)17-6-3-4-8(14)7(13)5-6/h3-5H,2,15H2,1H3,(H,16,18)(H,17,19). The number of halogens is 2. The number of nitrogens with zero attached hydrogens (tertiary/aromatic N) is 1. The molecule has 1 aromatic heterocycles. The quantitative estimate of drug-likeness (QED) is 0.783. The van der Waals surface area contributed by atoms with E-state index in [0.29, 0.717) is 22.2 Å². The number of amides is 1. The highest BCUT2D eigenvalue weighted by Gasteiger charge is 2.16. The first-order chi connectivity index (χ1) is 9.51. The molecule has 0 saturated carbocycles. The molecule has 0 radical (unpaired) electrons. The summed E-state index contributed by atoms with van der Waals surface area (Å²) in [4.78, 5) is 16.5. The molecule has 0 aliphatic carbocycles. The maximum atomic E-state index is 13.1. The van der Waals surface area contributed by atoms with Crippen molar-refractivity contribution in [2.75, 3.05) is 22.9 Å². The van der Waals surface area contributed by atoms with Crippen LogP contribution in [0.25, 0.3) is 0 Å². The first-order valence-electron chi connectivity index (χ1n) is 5.77. The molecule has 0 spiro atoms. The lowest BCUT2D eigenvalue weighted by atomic mass is 10.3. The molecule has 0 aliphatic rings. The lowest BCUT2D eigenvalue weighted by Crippen LogP contribution is -2.12. The Morgan fingerprint density at radius 2 is 2.30 bits per heavy atom. The Kier molecular flexibility index (Phi) is 4.56. The van der Waals surface area contributed by atoms with Crippen LogP contribution in [0.5, 0.6) is 0 Å². The summed E-state index contributed by atoms with van der Waals surface area (Å²) < 4.78 is 13.4. The molecule has 106 valence electrons. The minimum atomic E-state index is -0.394. The molecule has 0 bridgehead atoms. The van der Waals surface area contributed by atoms with Crippen molar-refractivity contribution >= 4 is 49.8 Å².